The maximum Gasteiger partial charge on any atom is 0.0897 e. The minimum Gasteiger partial charge on any atom is -0.389 e. The molecule has 110 valence electrons. The van der Waals surface area contributed by atoms with Gasteiger partial charge in [0, 0.05) is 13.2 Å². The lowest BCUT2D eigenvalue weighted by Gasteiger charge is -2.27. The van der Waals surface area contributed by atoms with Crippen molar-refractivity contribution in [1.29, 1.82) is 0 Å². The average molecular weight is 261 g/mol. The molecule has 2 atom stereocenters. The van der Waals surface area contributed by atoms with Crippen LogP contribution in [0.5, 0.6) is 0 Å². The van der Waals surface area contributed by atoms with E-state index >= 15 is 0 Å². The molecular formula is C14H31NO3. The first-order chi connectivity index (χ1) is 8.38. The third kappa shape index (κ3) is 9.83. The van der Waals surface area contributed by atoms with Gasteiger partial charge in [-0.2, -0.15) is 0 Å². The van der Waals surface area contributed by atoms with Crippen LogP contribution in [0.15, 0.2) is 0 Å². The minimum atomic E-state index is -0.446. The first-order valence-electron chi connectivity index (χ1n) is 6.92. The SMILES string of the molecule is CCOCCOCC(O)CNCC(C)C(C)(C)C. The van der Waals surface area contributed by atoms with Crippen LogP contribution in [-0.4, -0.2) is 50.7 Å². The van der Waals surface area contributed by atoms with E-state index in [0.29, 0.717) is 44.3 Å². The summed E-state index contributed by atoms with van der Waals surface area (Å²) in [6.45, 7) is 14.6. The molecule has 0 saturated carbocycles. The van der Waals surface area contributed by atoms with Gasteiger partial charge in [0.05, 0.1) is 25.9 Å². The molecule has 0 bridgehead atoms. The van der Waals surface area contributed by atoms with E-state index in [1.165, 1.54) is 0 Å². The van der Waals surface area contributed by atoms with Crippen molar-refractivity contribution in [1.82, 2.24) is 5.32 Å². The summed E-state index contributed by atoms with van der Waals surface area (Å²) in [6.07, 6.45) is -0.446. The van der Waals surface area contributed by atoms with E-state index in [4.69, 9.17) is 9.47 Å². The molecule has 0 aliphatic rings. The van der Waals surface area contributed by atoms with Gasteiger partial charge < -0.3 is 19.9 Å². The number of hydrogen-bond donors (Lipinski definition) is 2. The summed E-state index contributed by atoms with van der Waals surface area (Å²) in [5.74, 6) is 0.573. The van der Waals surface area contributed by atoms with E-state index in [1.54, 1.807) is 0 Å². The lowest BCUT2D eigenvalue weighted by molar-refractivity contribution is 0.00601. The summed E-state index contributed by atoms with van der Waals surface area (Å²) in [7, 11) is 0. The summed E-state index contributed by atoms with van der Waals surface area (Å²) >= 11 is 0. The normalized spacial score (nSPS) is 15.7. The molecule has 0 aliphatic heterocycles. The molecule has 0 amide bonds. The molecule has 2 unspecified atom stereocenters. The van der Waals surface area contributed by atoms with Crippen molar-refractivity contribution in [2.75, 3.05) is 39.5 Å². The fourth-order valence-electron chi connectivity index (χ4n) is 1.31. The average Bonchev–Trinajstić information content (AvgIpc) is 2.27. The molecule has 0 aliphatic carbocycles. The minimum absolute atomic E-state index is 0.298. The lowest BCUT2D eigenvalue weighted by atomic mass is 9.82. The van der Waals surface area contributed by atoms with Crippen LogP contribution in [0.2, 0.25) is 0 Å². The van der Waals surface area contributed by atoms with E-state index < -0.39 is 6.10 Å². The van der Waals surface area contributed by atoms with Gasteiger partial charge in [-0.3, -0.25) is 0 Å². The van der Waals surface area contributed by atoms with Gasteiger partial charge in [-0.25, -0.2) is 0 Å². The van der Waals surface area contributed by atoms with Gasteiger partial charge in [-0.05, 0) is 24.8 Å². The molecule has 4 heteroatoms. The Labute approximate surface area is 112 Å². The first-order valence-corrected chi connectivity index (χ1v) is 6.92. The van der Waals surface area contributed by atoms with Crippen molar-refractivity contribution in [3.05, 3.63) is 0 Å². The molecular weight excluding hydrogens is 230 g/mol. The lowest BCUT2D eigenvalue weighted by Crippen LogP contribution is -2.36. The number of aliphatic hydroxyl groups excluding tert-OH is 1. The second-order valence-electron chi connectivity index (χ2n) is 5.85. The highest BCUT2D eigenvalue weighted by Crippen LogP contribution is 2.24. The summed E-state index contributed by atoms with van der Waals surface area (Å²) in [6, 6.07) is 0. The predicted molar refractivity (Wildman–Crippen MR) is 74.8 cm³/mol. The van der Waals surface area contributed by atoms with Gasteiger partial charge >= 0.3 is 0 Å². The van der Waals surface area contributed by atoms with Gasteiger partial charge in [0.15, 0.2) is 0 Å². The first kappa shape index (κ1) is 17.8. The van der Waals surface area contributed by atoms with Crippen molar-refractivity contribution in [3.63, 3.8) is 0 Å². The Morgan fingerprint density at radius 3 is 2.28 bits per heavy atom. The maximum absolute atomic E-state index is 9.69. The standard InChI is InChI=1S/C14H31NO3/c1-6-17-7-8-18-11-13(16)10-15-9-12(2)14(3,4)5/h12-13,15-16H,6-11H2,1-5H3. The Hall–Kier alpha value is -0.160. The molecule has 0 saturated heterocycles. The number of rotatable bonds is 10. The summed E-state index contributed by atoms with van der Waals surface area (Å²) < 4.78 is 10.5. The smallest absolute Gasteiger partial charge is 0.0897 e. The molecule has 0 spiro atoms. The number of ether oxygens (including phenoxy) is 2. The third-order valence-electron chi connectivity index (χ3n) is 3.20. The molecule has 4 nitrogen and oxygen atoms in total. The second kappa shape index (κ2) is 9.73. The molecule has 18 heavy (non-hydrogen) atoms. The predicted octanol–water partition coefficient (Wildman–Crippen LogP) is 1.67. The Bertz CT molecular complexity index is 192. The Balaban J connectivity index is 3.45. The largest absolute Gasteiger partial charge is 0.389 e. The van der Waals surface area contributed by atoms with Crippen LogP contribution < -0.4 is 5.32 Å². The van der Waals surface area contributed by atoms with Crippen LogP contribution >= 0.6 is 0 Å². The quantitative estimate of drug-likeness (QED) is 0.587. The molecule has 0 heterocycles. The van der Waals surface area contributed by atoms with Crippen LogP contribution in [0.25, 0.3) is 0 Å². The van der Waals surface area contributed by atoms with Crippen LogP contribution in [0.1, 0.15) is 34.6 Å². The number of nitrogens with one attached hydrogen (secondary N) is 1. The molecule has 2 N–H and O–H groups in total. The highest BCUT2D eigenvalue weighted by atomic mass is 16.5. The van der Waals surface area contributed by atoms with Crippen molar-refractivity contribution < 1.29 is 14.6 Å². The van der Waals surface area contributed by atoms with Crippen LogP contribution in [0.3, 0.4) is 0 Å². The maximum atomic E-state index is 9.69. The van der Waals surface area contributed by atoms with E-state index in [2.05, 4.69) is 33.0 Å². The fourth-order valence-corrected chi connectivity index (χ4v) is 1.31. The molecule has 0 aromatic rings. The van der Waals surface area contributed by atoms with Gasteiger partial charge in [-0.1, -0.05) is 27.7 Å². The molecule has 0 aromatic heterocycles. The Kier molecular flexibility index (Phi) is 9.64. The third-order valence-corrected chi connectivity index (χ3v) is 3.20. The zero-order valence-corrected chi connectivity index (χ0v) is 12.7. The molecule has 0 aromatic carbocycles. The highest BCUT2D eigenvalue weighted by Gasteiger charge is 2.19. The van der Waals surface area contributed by atoms with Crippen molar-refractivity contribution >= 4 is 0 Å². The van der Waals surface area contributed by atoms with Gasteiger partial charge in [0.25, 0.3) is 0 Å². The number of aliphatic hydroxyl groups is 1. The Morgan fingerprint density at radius 2 is 1.72 bits per heavy atom. The second-order valence-corrected chi connectivity index (χ2v) is 5.85. The summed E-state index contributed by atoms with van der Waals surface area (Å²) in [4.78, 5) is 0. The van der Waals surface area contributed by atoms with Crippen LogP contribution in [0.4, 0.5) is 0 Å². The monoisotopic (exact) mass is 261 g/mol. The summed E-state index contributed by atoms with van der Waals surface area (Å²) in [5, 5.41) is 13.0. The zero-order valence-electron chi connectivity index (χ0n) is 12.7. The van der Waals surface area contributed by atoms with Crippen LogP contribution in [-0.2, 0) is 9.47 Å². The number of hydrogen-bond acceptors (Lipinski definition) is 4. The van der Waals surface area contributed by atoms with Gasteiger partial charge in [0.2, 0.25) is 0 Å². The topological polar surface area (TPSA) is 50.7 Å². The molecule has 0 fully saturated rings. The Morgan fingerprint density at radius 1 is 1.11 bits per heavy atom. The molecule has 0 radical (unpaired) electrons. The zero-order chi connectivity index (χ0) is 14.0. The van der Waals surface area contributed by atoms with E-state index in [1.807, 2.05) is 6.92 Å². The molecule has 0 rings (SSSR count). The van der Waals surface area contributed by atoms with Crippen LogP contribution in [0, 0.1) is 11.3 Å². The van der Waals surface area contributed by atoms with Crippen molar-refractivity contribution in [2.45, 2.75) is 40.7 Å². The van der Waals surface area contributed by atoms with Gasteiger partial charge in [-0.15, -0.1) is 0 Å². The highest BCUT2D eigenvalue weighted by molar-refractivity contribution is 4.72. The van der Waals surface area contributed by atoms with E-state index in [-0.39, 0.29) is 0 Å². The van der Waals surface area contributed by atoms with Crippen molar-refractivity contribution in [2.24, 2.45) is 11.3 Å². The fraction of sp³-hybridized carbons (Fsp3) is 1.00. The van der Waals surface area contributed by atoms with Gasteiger partial charge in [0.1, 0.15) is 0 Å². The summed E-state index contributed by atoms with van der Waals surface area (Å²) in [5.41, 5.74) is 0.298. The van der Waals surface area contributed by atoms with E-state index in [0.717, 1.165) is 6.54 Å². The van der Waals surface area contributed by atoms with Crippen molar-refractivity contribution in [3.8, 4) is 0 Å². The van der Waals surface area contributed by atoms with E-state index in [9.17, 15) is 5.11 Å².